The Balaban J connectivity index is 1.79. The Morgan fingerprint density at radius 2 is 1.62 bits per heavy atom. The van der Waals surface area contributed by atoms with Crippen molar-refractivity contribution in [3.8, 4) is 5.69 Å². The normalized spacial score (nSPS) is 11.7. The van der Waals surface area contributed by atoms with E-state index in [-0.39, 0.29) is 5.69 Å². The van der Waals surface area contributed by atoms with Gasteiger partial charge in [0.25, 0.3) is 5.91 Å². The molecule has 0 saturated carbocycles. The van der Waals surface area contributed by atoms with Crippen molar-refractivity contribution in [3.05, 3.63) is 78.1 Å². The zero-order valence-electron chi connectivity index (χ0n) is 12.7. The second-order valence-corrected chi connectivity index (χ2v) is 5.07. The van der Waals surface area contributed by atoms with E-state index < -0.39 is 17.9 Å². The molecule has 1 heterocycles. The third kappa shape index (κ3) is 3.30. The molecule has 7 nitrogen and oxygen atoms in total. The molecule has 1 atom stereocenters. The highest BCUT2D eigenvalue weighted by molar-refractivity contribution is 5.95. The molecule has 1 unspecified atom stereocenters. The minimum absolute atomic E-state index is 0.0982. The molecule has 7 heteroatoms. The average Bonchev–Trinajstić information content (AvgIpc) is 3.11. The fourth-order valence-electron chi connectivity index (χ4n) is 2.22. The molecule has 0 aliphatic heterocycles. The molecule has 3 N–H and O–H groups in total. The quantitative estimate of drug-likeness (QED) is 0.737. The second-order valence-electron chi connectivity index (χ2n) is 5.07. The van der Waals surface area contributed by atoms with E-state index in [1.807, 2.05) is 36.4 Å². The molecule has 1 aromatic heterocycles. The molecule has 0 aliphatic carbocycles. The minimum atomic E-state index is -0.930. The first-order chi connectivity index (χ1) is 11.6. The van der Waals surface area contributed by atoms with Crippen molar-refractivity contribution in [1.82, 2.24) is 20.3 Å². The van der Waals surface area contributed by atoms with Gasteiger partial charge in [0.2, 0.25) is 5.91 Å². The van der Waals surface area contributed by atoms with Gasteiger partial charge in [-0.2, -0.15) is 9.90 Å². The first-order valence-corrected chi connectivity index (χ1v) is 7.28. The third-order valence-electron chi connectivity index (χ3n) is 3.40. The summed E-state index contributed by atoms with van der Waals surface area (Å²) in [5.74, 6) is -1.17. The second kappa shape index (κ2) is 6.74. The highest BCUT2D eigenvalue weighted by Crippen LogP contribution is 2.13. The van der Waals surface area contributed by atoms with E-state index in [2.05, 4.69) is 15.5 Å². The van der Waals surface area contributed by atoms with Gasteiger partial charge in [-0.05, 0) is 17.7 Å². The predicted molar refractivity (Wildman–Crippen MR) is 87.2 cm³/mol. The van der Waals surface area contributed by atoms with Crippen LogP contribution < -0.4 is 11.1 Å². The molecule has 2 aromatic carbocycles. The SMILES string of the molecule is NC(=O)C(NC(=O)c1cnn(-c2ccccc2)n1)c1ccccc1. The number of para-hydroxylation sites is 1. The van der Waals surface area contributed by atoms with Crippen LogP contribution in [-0.4, -0.2) is 26.8 Å². The maximum Gasteiger partial charge on any atom is 0.274 e. The van der Waals surface area contributed by atoms with Crippen molar-refractivity contribution in [2.45, 2.75) is 6.04 Å². The lowest BCUT2D eigenvalue weighted by Crippen LogP contribution is -2.37. The van der Waals surface area contributed by atoms with Crippen LogP contribution in [0.3, 0.4) is 0 Å². The summed E-state index contributed by atoms with van der Waals surface area (Å²) in [4.78, 5) is 25.3. The number of amides is 2. The molecule has 3 rings (SSSR count). The fourth-order valence-corrected chi connectivity index (χ4v) is 2.22. The van der Waals surface area contributed by atoms with Crippen molar-refractivity contribution in [3.63, 3.8) is 0 Å². The van der Waals surface area contributed by atoms with Gasteiger partial charge in [-0.1, -0.05) is 48.5 Å². The zero-order chi connectivity index (χ0) is 16.9. The Morgan fingerprint density at radius 1 is 1.00 bits per heavy atom. The summed E-state index contributed by atoms with van der Waals surface area (Å²) in [6.07, 6.45) is 1.34. The maximum atomic E-state index is 12.3. The van der Waals surface area contributed by atoms with E-state index >= 15 is 0 Å². The Labute approximate surface area is 138 Å². The molecule has 24 heavy (non-hydrogen) atoms. The summed E-state index contributed by atoms with van der Waals surface area (Å²) in [7, 11) is 0. The van der Waals surface area contributed by atoms with Crippen LogP contribution in [0.4, 0.5) is 0 Å². The predicted octanol–water partition coefficient (Wildman–Crippen LogP) is 1.22. The van der Waals surface area contributed by atoms with E-state index in [1.165, 1.54) is 11.0 Å². The van der Waals surface area contributed by atoms with Crippen molar-refractivity contribution >= 4 is 11.8 Å². The van der Waals surface area contributed by atoms with Crippen molar-refractivity contribution in [2.75, 3.05) is 0 Å². The summed E-state index contributed by atoms with van der Waals surface area (Å²) in [5, 5.41) is 10.8. The van der Waals surface area contributed by atoms with Gasteiger partial charge >= 0.3 is 0 Å². The third-order valence-corrected chi connectivity index (χ3v) is 3.40. The summed E-state index contributed by atoms with van der Waals surface area (Å²) in [5.41, 5.74) is 6.83. The van der Waals surface area contributed by atoms with Crippen LogP contribution in [0.5, 0.6) is 0 Å². The summed E-state index contributed by atoms with van der Waals surface area (Å²) < 4.78 is 0. The first kappa shape index (κ1) is 15.4. The van der Waals surface area contributed by atoms with E-state index in [0.717, 1.165) is 5.69 Å². The molecule has 120 valence electrons. The number of primary amides is 1. The van der Waals surface area contributed by atoms with E-state index in [4.69, 9.17) is 5.73 Å². The van der Waals surface area contributed by atoms with E-state index in [9.17, 15) is 9.59 Å². The lowest BCUT2D eigenvalue weighted by atomic mass is 10.1. The topological polar surface area (TPSA) is 103 Å². The first-order valence-electron chi connectivity index (χ1n) is 7.28. The Bertz CT molecular complexity index is 846. The molecule has 3 aromatic rings. The van der Waals surface area contributed by atoms with Crippen LogP contribution in [0, 0.1) is 0 Å². The van der Waals surface area contributed by atoms with Crippen LogP contribution in [0.2, 0.25) is 0 Å². The molecule has 0 saturated heterocycles. The molecule has 0 bridgehead atoms. The average molecular weight is 321 g/mol. The van der Waals surface area contributed by atoms with Crippen LogP contribution in [-0.2, 0) is 4.79 Å². The van der Waals surface area contributed by atoms with Gasteiger partial charge < -0.3 is 11.1 Å². The van der Waals surface area contributed by atoms with Crippen LogP contribution in [0.1, 0.15) is 22.1 Å². The zero-order valence-corrected chi connectivity index (χ0v) is 12.7. The highest BCUT2D eigenvalue weighted by Gasteiger charge is 2.22. The number of nitrogens with two attached hydrogens (primary N) is 1. The number of hydrogen-bond donors (Lipinski definition) is 2. The van der Waals surface area contributed by atoms with E-state index in [1.54, 1.807) is 24.3 Å². The van der Waals surface area contributed by atoms with Crippen LogP contribution in [0.25, 0.3) is 5.69 Å². The standard InChI is InChI=1S/C17H15N5O2/c18-16(23)15(12-7-3-1-4-8-12)20-17(24)14-11-19-22(21-14)13-9-5-2-6-10-13/h1-11,15H,(H2,18,23)(H,20,24). The van der Waals surface area contributed by atoms with Crippen LogP contribution in [0.15, 0.2) is 66.9 Å². The number of carbonyl (C=O) groups excluding carboxylic acids is 2. The van der Waals surface area contributed by atoms with Crippen molar-refractivity contribution < 1.29 is 9.59 Å². The van der Waals surface area contributed by atoms with Crippen LogP contribution >= 0.6 is 0 Å². The number of nitrogens with one attached hydrogen (secondary N) is 1. The highest BCUT2D eigenvalue weighted by atomic mass is 16.2. The van der Waals surface area contributed by atoms with Crippen molar-refractivity contribution in [1.29, 1.82) is 0 Å². The van der Waals surface area contributed by atoms with Gasteiger partial charge in [0.1, 0.15) is 6.04 Å². The van der Waals surface area contributed by atoms with E-state index in [0.29, 0.717) is 5.56 Å². The van der Waals surface area contributed by atoms with Gasteiger partial charge in [0, 0.05) is 0 Å². The molecule has 0 aliphatic rings. The molecular weight excluding hydrogens is 306 g/mol. The number of nitrogens with zero attached hydrogens (tertiary/aromatic N) is 3. The number of hydrogen-bond acceptors (Lipinski definition) is 4. The number of benzene rings is 2. The summed E-state index contributed by atoms with van der Waals surface area (Å²) in [6, 6.07) is 17.1. The number of aromatic nitrogens is 3. The largest absolute Gasteiger partial charge is 0.368 e. The van der Waals surface area contributed by atoms with Crippen molar-refractivity contribution in [2.24, 2.45) is 5.73 Å². The number of rotatable bonds is 5. The Kier molecular flexibility index (Phi) is 4.33. The van der Waals surface area contributed by atoms with Gasteiger partial charge in [-0.15, -0.1) is 5.10 Å². The van der Waals surface area contributed by atoms with Gasteiger partial charge in [-0.25, -0.2) is 0 Å². The Morgan fingerprint density at radius 3 is 2.25 bits per heavy atom. The lowest BCUT2D eigenvalue weighted by molar-refractivity contribution is -0.120. The maximum absolute atomic E-state index is 12.3. The summed E-state index contributed by atoms with van der Waals surface area (Å²) in [6.45, 7) is 0. The monoisotopic (exact) mass is 321 g/mol. The molecular formula is C17H15N5O2. The smallest absolute Gasteiger partial charge is 0.274 e. The lowest BCUT2D eigenvalue weighted by Gasteiger charge is -2.14. The Hall–Kier alpha value is -3.48. The molecule has 0 radical (unpaired) electrons. The van der Waals surface area contributed by atoms with Gasteiger partial charge in [-0.3, -0.25) is 9.59 Å². The molecule has 0 spiro atoms. The van der Waals surface area contributed by atoms with Gasteiger partial charge in [0.05, 0.1) is 11.9 Å². The minimum Gasteiger partial charge on any atom is -0.368 e. The molecule has 2 amide bonds. The molecule has 0 fully saturated rings. The number of carbonyl (C=O) groups is 2. The summed E-state index contributed by atoms with van der Waals surface area (Å²) >= 11 is 0. The van der Waals surface area contributed by atoms with Gasteiger partial charge in [0.15, 0.2) is 5.69 Å². The fraction of sp³-hybridized carbons (Fsp3) is 0.0588.